The van der Waals surface area contributed by atoms with E-state index in [0.29, 0.717) is 5.95 Å². The Bertz CT molecular complexity index is 552. The number of hydrogen-bond acceptors (Lipinski definition) is 4. The van der Waals surface area contributed by atoms with Crippen molar-refractivity contribution in [3.8, 4) is 5.69 Å². The topological polar surface area (TPSA) is 60.0 Å². The van der Waals surface area contributed by atoms with Crippen molar-refractivity contribution in [1.29, 1.82) is 0 Å². The summed E-state index contributed by atoms with van der Waals surface area (Å²) in [6.07, 6.45) is 3.71. The number of benzene rings is 1. The Labute approximate surface area is 113 Å². The van der Waals surface area contributed by atoms with Crippen LogP contribution in [0, 0.1) is 6.92 Å². The van der Waals surface area contributed by atoms with Crippen LogP contribution in [0.15, 0.2) is 24.3 Å². The number of nitrogens with two attached hydrogens (primary N) is 1. The number of nitrogen functional groups attached to an aromatic ring is 1. The van der Waals surface area contributed by atoms with Crippen molar-refractivity contribution < 1.29 is 0 Å². The minimum atomic E-state index is 0.449. The Morgan fingerprint density at radius 3 is 2.42 bits per heavy atom. The molecule has 0 spiro atoms. The van der Waals surface area contributed by atoms with E-state index in [0.717, 1.165) is 24.7 Å². The molecule has 0 unspecified atom stereocenters. The minimum absolute atomic E-state index is 0.449. The van der Waals surface area contributed by atoms with Crippen LogP contribution in [0.2, 0.25) is 0 Å². The molecule has 1 aromatic heterocycles. The van der Waals surface area contributed by atoms with Gasteiger partial charge in [0.1, 0.15) is 0 Å². The number of aromatic nitrogens is 3. The van der Waals surface area contributed by atoms with E-state index in [1.165, 1.54) is 24.8 Å². The fraction of sp³-hybridized carbons (Fsp3) is 0.429. The predicted octanol–water partition coefficient (Wildman–Crippen LogP) is 2.15. The summed E-state index contributed by atoms with van der Waals surface area (Å²) in [6, 6.07) is 8.13. The molecule has 0 amide bonds. The first kappa shape index (κ1) is 12.0. The molecule has 19 heavy (non-hydrogen) atoms. The standard InChI is InChI=1S/C14H19N5/c1-11-5-7-12(8-6-11)19-13(15)16-14(17-19)18-9-3-2-4-10-18/h5-8H,2-4,9-10H2,1H3,(H2,15,16,17). The van der Waals surface area contributed by atoms with Gasteiger partial charge in [-0.15, -0.1) is 5.10 Å². The van der Waals surface area contributed by atoms with Gasteiger partial charge >= 0.3 is 0 Å². The summed E-state index contributed by atoms with van der Waals surface area (Å²) in [5.74, 6) is 1.20. The molecule has 0 saturated carbocycles. The summed E-state index contributed by atoms with van der Waals surface area (Å²) in [7, 11) is 0. The highest BCUT2D eigenvalue weighted by atomic mass is 15.5. The van der Waals surface area contributed by atoms with Crippen molar-refractivity contribution in [2.45, 2.75) is 26.2 Å². The molecule has 5 heteroatoms. The molecule has 2 aromatic rings. The van der Waals surface area contributed by atoms with E-state index < -0.39 is 0 Å². The molecule has 0 radical (unpaired) electrons. The van der Waals surface area contributed by atoms with E-state index in [4.69, 9.17) is 5.73 Å². The first-order chi connectivity index (χ1) is 9.24. The third-order valence-corrected chi connectivity index (χ3v) is 3.54. The number of anilines is 2. The fourth-order valence-electron chi connectivity index (χ4n) is 2.42. The highest BCUT2D eigenvalue weighted by molar-refractivity contribution is 5.43. The van der Waals surface area contributed by atoms with Crippen LogP contribution in [0.1, 0.15) is 24.8 Å². The van der Waals surface area contributed by atoms with Crippen LogP contribution in [0.3, 0.4) is 0 Å². The average molecular weight is 257 g/mol. The van der Waals surface area contributed by atoms with E-state index in [9.17, 15) is 0 Å². The molecule has 5 nitrogen and oxygen atoms in total. The summed E-state index contributed by atoms with van der Waals surface area (Å²) in [6.45, 7) is 4.11. The number of nitrogens with zero attached hydrogens (tertiary/aromatic N) is 4. The van der Waals surface area contributed by atoms with Gasteiger partial charge in [0.25, 0.3) is 0 Å². The molecule has 1 saturated heterocycles. The van der Waals surface area contributed by atoms with Gasteiger partial charge in [0, 0.05) is 13.1 Å². The highest BCUT2D eigenvalue weighted by Gasteiger charge is 2.17. The highest BCUT2D eigenvalue weighted by Crippen LogP contribution is 2.20. The second-order valence-corrected chi connectivity index (χ2v) is 5.07. The Balaban J connectivity index is 1.90. The van der Waals surface area contributed by atoms with Crippen LogP contribution in [0.25, 0.3) is 5.69 Å². The molecule has 0 atom stereocenters. The second kappa shape index (κ2) is 4.91. The lowest BCUT2D eigenvalue weighted by molar-refractivity contribution is 0.568. The van der Waals surface area contributed by atoms with Crippen LogP contribution in [0.5, 0.6) is 0 Å². The number of aryl methyl sites for hydroxylation is 1. The zero-order valence-electron chi connectivity index (χ0n) is 11.2. The minimum Gasteiger partial charge on any atom is -0.368 e. The quantitative estimate of drug-likeness (QED) is 0.895. The molecular weight excluding hydrogens is 238 g/mol. The lowest BCUT2D eigenvalue weighted by Gasteiger charge is -2.24. The zero-order chi connectivity index (χ0) is 13.2. The van der Waals surface area contributed by atoms with Crippen LogP contribution >= 0.6 is 0 Å². The van der Waals surface area contributed by atoms with Crippen molar-refractivity contribution in [2.24, 2.45) is 0 Å². The normalized spacial score (nSPS) is 15.7. The Morgan fingerprint density at radius 1 is 1.05 bits per heavy atom. The van der Waals surface area contributed by atoms with Gasteiger partial charge in [0.05, 0.1) is 5.69 Å². The van der Waals surface area contributed by atoms with Crippen LogP contribution < -0.4 is 10.6 Å². The van der Waals surface area contributed by atoms with E-state index >= 15 is 0 Å². The first-order valence-electron chi connectivity index (χ1n) is 6.78. The third kappa shape index (κ3) is 2.41. The van der Waals surface area contributed by atoms with Crippen molar-refractivity contribution in [3.05, 3.63) is 29.8 Å². The molecule has 2 heterocycles. The maximum absolute atomic E-state index is 5.98. The van der Waals surface area contributed by atoms with Gasteiger partial charge in [-0.2, -0.15) is 9.67 Å². The van der Waals surface area contributed by atoms with Crippen molar-refractivity contribution in [3.63, 3.8) is 0 Å². The van der Waals surface area contributed by atoms with Gasteiger partial charge in [0.15, 0.2) is 0 Å². The van der Waals surface area contributed by atoms with Gasteiger partial charge in [-0.1, -0.05) is 17.7 Å². The zero-order valence-corrected chi connectivity index (χ0v) is 11.2. The lowest BCUT2D eigenvalue weighted by Crippen LogP contribution is -2.30. The molecule has 0 aliphatic carbocycles. The smallest absolute Gasteiger partial charge is 0.246 e. The molecule has 3 rings (SSSR count). The molecule has 2 N–H and O–H groups in total. The van der Waals surface area contributed by atoms with E-state index in [1.807, 2.05) is 12.1 Å². The monoisotopic (exact) mass is 257 g/mol. The van der Waals surface area contributed by atoms with Gasteiger partial charge < -0.3 is 10.6 Å². The van der Waals surface area contributed by atoms with Crippen LogP contribution in [0.4, 0.5) is 11.9 Å². The number of piperidine rings is 1. The lowest BCUT2D eigenvalue weighted by atomic mass is 10.1. The van der Waals surface area contributed by atoms with Gasteiger partial charge in [-0.3, -0.25) is 0 Å². The first-order valence-corrected chi connectivity index (χ1v) is 6.78. The van der Waals surface area contributed by atoms with Gasteiger partial charge in [-0.25, -0.2) is 0 Å². The van der Waals surface area contributed by atoms with Crippen molar-refractivity contribution in [2.75, 3.05) is 23.7 Å². The summed E-state index contributed by atoms with van der Waals surface area (Å²) >= 11 is 0. The molecule has 1 aliphatic rings. The number of hydrogen-bond donors (Lipinski definition) is 1. The molecule has 1 aliphatic heterocycles. The predicted molar refractivity (Wildman–Crippen MR) is 76.6 cm³/mol. The molecular formula is C14H19N5. The molecule has 1 fully saturated rings. The second-order valence-electron chi connectivity index (χ2n) is 5.07. The Hall–Kier alpha value is -2.04. The number of rotatable bonds is 2. The van der Waals surface area contributed by atoms with Crippen LogP contribution in [-0.2, 0) is 0 Å². The maximum atomic E-state index is 5.98. The SMILES string of the molecule is Cc1ccc(-n2nc(N3CCCCC3)nc2N)cc1. The summed E-state index contributed by atoms with van der Waals surface area (Å²) < 4.78 is 1.71. The van der Waals surface area contributed by atoms with Crippen molar-refractivity contribution in [1.82, 2.24) is 14.8 Å². The fourth-order valence-corrected chi connectivity index (χ4v) is 2.42. The maximum Gasteiger partial charge on any atom is 0.246 e. The summed E-state index contributed by atoms with van der Waals surface area (Å²) in [5.41, 5.74) is 8.16. The average Bonchev–Trinajstić information content (AvgIpc) is 2.83. The van der Waals surface area contributed by atoms with E-state index in [2.05, 4.69) is 34.0 Å². The summed E-state index contributed by atoms with van der Waals surface area (Å²) in [4.78, 5) is 6.60. The van der Waals surface area contributed by atoms with Crippen molar-refractivity contribution >= 4 is 11.9 Å². The third-order valence-electron chi connectivity index (χ3n) is 3.54. The van der Waals surface area contributed by atoms with Gasteiger partial charge in [-0.05, 0) is 38.3 Å². The Morgan fingerprint density at radius 2 is 1.74 bits per heavy atom. The molecule has 0 bridgehead atoms. The molecule has 100 valence electrons. The van der Waals surface area contributed by atoms with E-state index in [1.54, 1.807) is 4.68 Å². The van der Waals surface area contributed by atoms with E-state index in [-0.39, 0.29) is 0 Å². The van der Waals surface area contributed by atoms with Crippen LogP contribution in [-0.4, -0.2) is 27.9 Å². The largest absolute Gasteiger partial charge is 0.368 e. The van der Waals surface area contributed by atoms with Gasteiger partial charge in [0.2, 0.25) is 11.9 Å². The molecule has 1 aromatic carbocycles. The summed E-state index contributed by atoms with van der Waals surface area (Å²) in [5, 5.41) is 4.54. The Kier molecular flexibility index (Phi) is 3.11.